The average Bonchev–Trinajstić information content (AvgIpc) is 2.84. The Morgan fingerprint density at radius 3 is 1.96 bits per heavy atom. The molecule has 0 aliphatic carbocycles. The molecule has 0 saturated carbocycles. The number of halogens is 1. The number of amides is 2. The van der Waals surface area contributed by atoms with Gasteiger partial charge in [-0.25, -0.2) is 4.90 Å². The summed E-state index contributed by atoms with van der Waals surface area (Å²) in [6.07, 6.45) is 0.0508. The monoisotopic (exact) mass is 397 g/mol. The molecule has 0 unspecified atom stereocenters. The van der Waals surface area contributed by atoms with Gasteiger partial charge in [-0.05, 0) is 54.7 Å². The molecule has 1 heterocycles. The molecule has 0 N–H and O–H groups in total. The van der Waals surface area contributed by atoms with Crippen molar-refractivity contribution >= 4 is 34.7 Å². The molecule has 0 spiro atoms. The van der Waals surface area contributed by atoms with Crippen LogP contribution >= 0.6 is 11.6 Å². The molecule has 0 atom stereocenters. The zero-order valence-electron chi connectivity index (χ0n) is 16.7. The van der Waals surface area contributed by atoms with Gasteiger partial charge < -0.3 is 4.74 Å². The maximum Gasteiger partial charge on any atom is 0.277 e. The molecule has 0 saturated heterocycles. The quantitative estimate of drug-likeness (QED) is 0.658. The summed E-state index contributed by atoms with van der Waals surface area (Å²) >= 11 is 6.27. The second-order valence-corrected chi connectivity index (χ2v) is 8.50. The molecule has 28 heavy (non-hydrogen) atoms. The van der Waals surface area contributed by atoms with Crippen LogP contribution in [0.25, 0.3) is 5.57 Å². The van der Waals surface area contributed by atoms with Gasteiger partial charge in [0.15, 0.2) is 0 Å². The highest BCUT2D eigenvalue weighted by molar-refractivity contribution is 6.60. The van der Waals surface area contributed by atoms with E-state index in [1.807, 2.05) is 26.0 Å². The lowest BCUT2D eigenvalue weighted by molar-refractivity contribution is -0.119. The fourth-order valence-corrected chi connectivity index (χ4v) is 3.35. The predicted octanol–water partition coefficient (Wildman–Crippen LogP) is 5.29. The number of imide groups is 1. The molecule has 0 bridgehead atoms. The van der Waals surface area contributed by atoms with Crippen molar-refractivity contribution in [3.8, 4) is 5.75 Å². The van der Waals surface area contributed by atoms with Crippen LogP contribution in [0.3, 0.4) is 0 Å². The van der Waals surface area contributed by atoms with Crippen molar-refractivity contribution in [2.24, 2.45) is 0 Å². The van der Waals surface area contributed by atoms with E-state index >= 15 is 0 Å². The minimum Gasteiger partial charge on any atom is -0.491 e. The highest BCUT2D eigenvalue weighted by atomic mass is 35.5. The summed E-state index contributed by atoms with van der Waals surface area (Å²) in [7, 11) is 0. The third kappa shape index (κ3) is 3.83. The molecule has 4 nitrogen and oxygen atoms in total. The standard InChI is InChI=1S/C23H24ClNO3/c1-14(2)28-18-12-6-15(7-13-18)19-20(24)22(27)25(21(19)26)17-10-8-16(9-11-17)23(3,4)5/h6-14H,1-5H3. The fourth-order valence-electron chi connectivity index (χ4n) is 3.07. The summed E-state index contributed by atoms with van der Waals surface area (Å²) in [6, 6.07) is 14.4. The van der Waals surface area contributed by atoms with Crippen LogP contribution in [0.1, 0.15) is 45.7 Å². The molecule has 2 aromatic rings. The van der Waals surface area contributed by atoms with Crippen molar-refractivity contribution in [2.75, 3.05) is 4.90 Å². The zero-order chi connectivity index (χ0) is 20.6. The lowest BCUT2D eigenvalue weighted by atomic mass is 9.87. The number of carbonyl (C=O) groups is 2. The van der Waals surface area contributed by atoms with E-state index in [4.69, 9.17) is 16.3 Å². The Morgan fingerprint density at radius 2 is 1.46 bits per heavy atom. The smallest absolute Gasteiger partial charge is 0.277 e. The first-order valence-electron chi connectivity index (χ1n) is 9.26. The van der Waals surface area contributed by atoms with Crippen LogP contribution in [0.5, 0.6) is 5.75 Å². The summed E-state index contributed by atoms with van der Waals surface area (Å²) in [5.41, 5.74) is 2.42. The van der Waals surface area contributed by atoms with Gasteiger partial charge in [0.25, 0.3) is 11.8 Å². The number of ether oxygens (including phenoxy) is 1. The first-order valence-corrected chi connectivity index (χ1v) is 9.63. The van der Waals surface area contributed by atoms with Crippen molar-refractivity contribution < 1.29 is 14.3 Å². The number of nitrogens with zero attached hydrogens (tertiary/aromatic N) is 1. The summed E-state index contributed by atoms with van der Waals surface area (Å²) < 4.78 is 5.62. The van der Waals surface area contributed by atoms with Crippen LogP contribution in [-0.4, -0.2) is 17.9 Å². The normalized spacial score (nSPS) is 15.0. The molecule has 146 valence electrons. The molecule has 2 aromatic carbocycles. The molecular weight excluding hydrogens is 374 g/mol. The first-order chi connectivity index (χ1) is 13.1. The van der Waals surface area contributed by atoms with E-state index in [9.17, 15) is 9.59 Å². The van der Waals surface area contributed by atoms with Crippen LogP contribution in [-0.2, 0) is 15.0 Å². The predicted molar refractivity (Wildman–Crippen MR) is 113 cm³/mol. The van der Waals surface area contributed by atoms with Crippen LogP contribution in [0.2, 0.25) is 0 Å². The molecule has 2 amide bonds. The number of anilines is 1. The topological polar surface area (TPSA) is 46.6 Å². The van der Waals surface area contributed by atoms with E-state index < -0.39 is 11.8 Å². The highest BCUT2D eigenvalue weighted by Gasteiger charge is 2.39. The van der Waals surface area contributed by atoms with Gasteiger partial charge >= 0.3 is 0 Å². The van der Waals surface area contributed by atoms with E-state index in [0.717, 1.165) is 10.5 Å². The molecule has 0 aromatic heterocycles. The minimum absolute atomic E-state index is 0.0155. The van der Waals surface area contributed by atoms with Gasteiger partial charge in [0.05, 0.1) is 17.4 Å². The second-order valence-electron chi connectivity index (χ2n) is 8.12. The van der Waals surface area contributed by atoms with Crippen molar-refractivity contribution in [2.45, 2.75) is 46.1 Å². The lowest BCUT2D eigenvalue weighted by Gasteiger charge is -2.21. The number of benzene rings is 2. The van der Waals surface area contributed by atoms with Crippen LogP contribution in [0.4, 0.5) is 5.69 Å². The first kappa shape index (κ1) is 20.2. The fraction of sp³-hybridized carbons (Fsp3) is 0.304. The SMILES string of the molecule is CC(C)Oc1ccc(C2=C(Cl)C(=O)N(c3ccc(C(C)(C)C)cc3)C2=O)cc1. The van der Waals surface area contributed by atoms with Gasteiger partial charge in [-0.2, -0.15) is 0 Å². The third-order valence-corrected chi connectivity index (χ3v) is 4.88. The van der Waals surface area contributed by atoms with E-state index in [2.05, 4.69) is 20.8 Å². The minimum atomic E-state index is -0.507. The molecule has 5 heteroatoms. The van der Waals surface area contributed by atoms with Gasteiger partial charge in [-0.15, -0.1) is 0 Å². The van der Waals surface area contributed by atoms with Crippen LogP contribution in [0, 0.1) is 0 Å². The third-order valence-electron chi connectivity index (χ3n) is 4.53. The maximum absolute atomic E-state index is 13.0. The van der Waals surface area contributed by atoms with E-state index in [-0.39, 0.29) is 22.1 Å². The number of carbonyl (C=O) groups excluding carboxylic acids is 2. The Balaban J connectivity index is 1.90. The lowest BCUT2D eigenvalue weighted by Crippen LogP contribution is -2.31. The van der Waals surface area contributed by atoms with Gasteiger partial charge in [0.2, 0.25) is 0 Å². The van der Waals surface area contributed by atoms with E-state index in [0.29, 0.717) is 17.0 Å². The zero-order valence-corrected chi connectivity index (χ0v) is 17.5. The second kappa shape index (κ2) is 7.44. The molecule has 1 aliphatic rings. The molecular formula is C23H24ClNO3. The molecule has 1 aliphatic heterocycles. The van der Waals surface area contributed by atoms with Crippen molar-refractivity contribution in [3.05, 3.63) is 64.7 Å². The number of rotatable bonds is 4. The average molecular weight is 398 g/mol. The Labute approximate surface area is 170 Å². The molecule has 0 fully saturated rings. The van der Waals surface area contributed by atoms with Gasteiger partial charge in [0, 0.05) is 0 Å². The largest absolute Gasteiger partial charge is 0.491 e. The molecule has 0 radical (unpaired) electrons. The summed E-state index contributed by atoms with van der Waals surface area (Å²) in [5.74, 6) is -0.231. The summed E-state index contributed by atoms with van der Waals surface area (Å²) in [5, 5.41) is -0.0672. The van der Waals surface area contributed by atoms with Gasteiger partial charge in [0.1, 0.15) is 10.8 Å². The van der Waals surface area contributed by atoms with Crippen molar-refractivity contribution in [3.63, 3.8) is 0 Å². The van der Waals surface area contributed by atoms with E-state index in [1.165, 1.54) is 0 Å². The highest BCUT2D eigenvalue weighted by Crippen LogP contribution is 2.36. The van der Waals surface area contributed by atoms with Crippen molar-refractivity contribution in [1.29, 1.82) is 0 Å². The molecule has 3 rings (SSSR count). The van der Waals surface area contributed by atoms with Crippen LogP contribution in [0.15, 0.2) is 53.6 Å². The Morgan fingerprint density at radius 1 is 0.893 bits per heavy atom. The van der Waals surface area contributed by atoms with Crippen molar-refractivity contribution in [1.82, 2.24) is 0 Å². The Hall–Kier alpha value is -2.59. The Kier molecular flexibility index (Phi) is 5.35. The summed E-state index contributed by atoms with van der Waals surface area (Å²) in [6.45, 7) is 10.2. The van der Waals surface area contributed by atoms with Gasteiger partial charge in [-0.1, -0.05) is 56.6 Å². The Bertz CT molecular complexity index is 935. The van der Waals surface area contributed by atoms with Gasteiger partial charge in [-0.3, -0.25) is 9.59 Å². The maximum atomic E-state index is 13.0. The summed E-state index contributed by atoms with van der Waals surface area (Å²) in [4.78, 5) is 26.8. The van der Waals surface area contributed by atoms with Crippen LogP contribution < -0.4 is 9.64 Å². The van der Waals surface area contributed by atoms with E-state index in [1.54, 1.807) is 36.4 Å². The number of hydrogen-bond acceptors (Lipinski definition) is 3. The number of hydrogen-bond donors (Lipinski definition) is 0.